The van der Waals surface area contributed by atoms with E-state index in [1.54, 1.807) is 19.1 Å². The standard InChI is InChI=1S/C22H28N2O4/c1-16-6-5-7-19(12-16)14-24(17(2)25)15-22(26)23-11-10-18-8-9-20(27-3)21(13-18)28-4/h5-9,12-13H,10-11,14-15H2,1-4H3,(H,23,26). The highest BCUT2D eigenvalue weighted by molar-refractivity contribution is 5.83. The number of methoxy groups -OCH3 is 2. The average Bonchev–Trinajstić information content (AvgIpc) is 2.67. The van der Waals surface area contributed by atoms with Gasteiger partial charge in [0.25, 0.3) is 0 Å². The summed E-state index contributed by atoms with van der Waals surface area (Å²) in [5.41, 5.74) is 3.16. The van der Waals surface area contributed by atoms with Crippen LogP contribution in [0, 0.1) is 6.92 Å². The van der Waals surface area contributed by atoms with Crippen LogP contribution in [0.1, 0.15) is 23.6 Å². The zero-order chi connectivity index (χ0) is 20.5. The summed E-state index contributed by atoms with van der Waals surface area (Å²) in [5.74, 6) is 1.02. The van der Waals surface area contributed by atoms with Crippen molar-refractivity contribution in [2.24, 2.45) is 0 Å². The van der Waals surface area contributed by atoms with Crippen LogP contribution >= 0.6 is 0 Å². The molecule has 2 amide bonds. The molecule has 150 valence electrons. The minimum Gasteiger partial charge on any atom is -0.493 e. The molecule has 0 aromatic heterocycles. The molecule has 1 N–H and O–H groups in total. The Morgan fingerprint density at radius 3 is 2.39 bits per heavy atom. The van der Waals surface area contributed by atoms with Gasteiger partial charge in [0, 0.05) is 20.0 Å². The topological polar surface area (TPSA) is 67.9 Å². The van der Waals surface area contributed by atoms with Crippen LogP contribution in [0.2, 0.25) is 0 Å². The summed E-state index contributed by atoms with van der Waals surface area (Å²) < 4.78 is 10.5. The van der Waals surface area contributed by atoms with Gasteiger partial charge in [-0.05, 0) is 36.6 Å². The number of carbonyl (C=O) groups excluding carboxylic acids is 2. The molecule has 6 heteroatoms. The SMILES string of the molecule is COc1ccc(CCNC(=O)CN(Cc2cccc(C)c2)C(C)=O)cc1OC. The maximum absolute atomic E-state index is 12.3. The van der Waals surface area contributed by atoms with E-state index < -0.39 is 0 Å². The van der Waals surface area contributed by atoms with E-state index >= 15 is 0 Å². The summed E-state index contributed by atoms with van der Waals surface area (Å²) in [6.45, 7) is 4.41. The number of nitrogens with zero attached hydrogens (tertiary/aromatic N) is 1. The number of aryl methyl sites for hydroxylation is 1. The number of rotatable bonds is 9. The Bertz CT molecular complexity index is 820. The summed E-state index contributed by atoms with van der Waals surface area (Å²) in [5, 5.41) is 2.87. The van der Waals surface area contributed by atoms with E-state index in [4.69, 9.17) is 9.47 Å². The minimum atomic E-state index is -0.177. The maximum atomic E-state index is 12.3. The predicted octanol–water partition coefficient (Wildman–Crippen LogP) is 2.72. The molecule has 2 aromatic rings. The Hall–Kier alpha value is -3.02. The summed E-state index contributed by atoms with van der Waals surface area (Å²) >= 11 is 0. The molecule has 0 aliphatic rings. The number of hydrogen-bond donors (Lipinski definition) is 1. The van der Waals surface area contributed by atoms with E-state index in [1.807, 2.05) is 49.4 Å². The minimum absolute atomic E-state index is 0.0369. The zero-order valence-corrected chi connectivity index (χ0v) is 17.0. The van der Waals surface area contributed by atoms with Crippen molar-refractivity contribution in [1.82, 2.24) is 10.2 Å². The molecule has 0 saturated carbocycles. The van der Waals surface area contributed by atoms with Crippen molar-refractivity contribution < 1.29 is 19.1 Å². The molecule has 6 nitrogen and oxygen atoms in total. The van der Waals surface area contributed by atoms with Crippen LogP contribution in [0.5, 0.6) is 11.5 Å². The highest BCUT2D eigenvalue weighted by Gasteiger charge is 2.14. The van der Waals surface area contributed by atoms with Crippen LogP contribution in [0.4, 0.5) is 0 Å². The van der Waals surface area contributed by atoms with Gasteiger partial charge in [0.15, 0.2) is 11.5 Å². The van der Waals surface area contributed by atoms with Crippen molar-refractivity contribution in [3.63, 3.8) is 0 Å². The molecule has 2 rings (SSSR count). The fourth-order valence-corrected chi connectivity index (χ4v) is 2.92. The van der Waals surface area contributed by atoms with Gasteiger partial charge in [-0.15, -0.1) is 0 Å². The summed E-state index contributed by atoms with van der Waals surface area (Å²) in [4.78, 5) is 25.7. The van der Waals surface area contributed by atoms with E-state index in [1.165, 1.54) is 6.92 Å². The number of nitrogens with one attached hydrogen (secondary N) is 1. The van der Waals surface area contributed by atoms with Crippen LogP contribution in [-0.2, 0) is 22.6 Å². The summed E-state index contributed by atoms with van der Waals surface area (Å²) in [6.07, 6.45) is 0.657. The van der Waals surface area contributed by atoms with E-state index in [2.05, 4.69) is 5.32 Å². The van der Waals surface area contributed by atoms with Crippen molar-refractivity contribution in [3.05, 3.63) is 59.2 Å². The molecule has 0 radical (unpaired) electrons. The van der Waals surface area contributed by atoms with Crippen LogP contribution in [0.3, 0.4) is 0 Å². The monoisotopic (exact) mass is 384 g/mol. The van der Waals surface area contributed by atoms with Crippen LogP contribution in [-0.4, -0.2) is 44.0 Å². The molecule has 0 aliphatic carbocycles. The van der Waals surface area contributed by atoms with Crippen molar-refractivity contribution in [2.75, 3.05) is 27.3 Å². The number of benzene rings is 2. The Morgan fingerprint density at radius 2 is 1.75 bits per heavy atom. The third-order valence-electron chi connectivity index (χ3n) is 4.42. The molecule has 0 heterocycles. The third-order valence-corrected chi connectivity index (χ3v) is 4.42. The molecule has 0 fully saturated rings. The second-order valence-corrected chi connectivity index (χ2v) is 6.65. The Kier molecular flexibility index (Phi) is 7.87. The molecule has 0 saturated heterocycles. The Morgan fingerprint density at radius 1 is 1.00 bits per heavy atom. The van der Waals surface area contributed by atoms with E-state index in [0.717, 1.165) is 16.7 Å². The second-order valence-electron chi connectivity index (χ2n) is 6.65. The largest absolute Gasteiger partial charge is 0.493 e. The van der Waals surface area contributed by atoms with Crippen molar-refractivity contribution in [1.29, 1.82) is 0 Å². The van der Waals surface area contributed by atoms with Gasteiger partial charge < -0.3 is 19.7 Å². The Labute approximate surface area is 166 Å². The van der Waals surface area contributed by atoms with Gasteiger partial charge in [-0.3, -0.25) is 9.59 Å². The molecule has 2 aromatic carbocycles. The highest BCUT2D eigenvalue weighted by Crippen LogP contribution is 2.27. The van der Waals surface area contributed by atoms with E-state index in [-0.39, 0.29) is 18.4 Å². The smallest absolute Gasteiger partial charge is 0.239 e. The first-order valence-corrected chi connectivity index (χ1v) is 9.21. The van der Waals surface area contributed by atoms with Crippen molar-refractivity contribution in [2.45, 2.75) is 26.8 Å². The quantitative estimate of drug-likeness (QED) is 0.722. The third kappa shape index (κ3) is 6.30. The van der Waals surface area contributed by atoms with E-state index in [9.17, 15) is 9.59 Å². The summed E-state index contributed by atoms with van der Waals surface area (Å²) in [7, 11) is 3.18. The van der Waals surface area contributed by atoms with Gasteiger partial charge in [-0.25, -0.2) is 0 Å². The normalized spacial score (nSPS) is 10.3. The number of ether oxygens (including phenoxy) is 2. The average molecular weight is 384 g/mol. The first kappa shape index (κ1) is 21.3. The Balaban J connectivity index is 1.87. The molecular weight excluding hydrogens is 356 g/mol. The lowest BCUT2D eigenvalue weighted by molar-refractivity contribution is -0.134. The number of amides is 2. The predicted molar refractivity (Wildman–Crippen MR) is 109 cm³/mol. The molecular formula is C22H28N2O4. The molecule has 28 heavy (non-hydrogen) atoms. The van der Waals surface area contributed by atoms with Crippen LogP contribution in [0.25, 0.3) is 0 Å². The summed E-state index contributed by atoms with van der Waals surface area (Å²) in [6, 6.07) is 13.6. The first-order valence-electron chi connectivity index (χ1n) is 9.21. The zero-order valence-electron chi connectivity index (χ0n) is 17.0. The fourth-order valence-electron chi connectivity index (χ4n) is 2.92. The molecule has 0 unspecified atom stereocenters. The molecule has 0 aliphatic heterocycles. The number of hydrogen-bond acceptors (Lipinski definition) is 4. The van der Waals surface area contributed by atoms with Crippen molar-refractivity contribution >= 4 is 11.8 Å². The van der Waals surface area contributed by atoms with Gasteiger partial charge in [-0.2, -0.15) is 0 Å². The van der Waals surface area contributed by atoms with Gasteiger partial charge in [-0.1, -0.05) is 35.9 Å². The lowest BCUT2D eigenvalue weighted by atomic mass is 10.1. The van der Waals surface area contributed by atoms with Crippen LogP contribution < -0.4 is 14.8 Å². The second kappa shape index (κ2) is 10.3. The first-order chi connectivity index (χ1) is 13.4. The van der Waals surface area contributed by atoms with Gasteiger partial charge in [0.05, 0.1) is 20.8 Å². The fraction of sp³-hybridized carbons (Fsp3) is 0.364. The maximum Gasteiger partial charge on any atom is 0.239 e. The molecule has 0 atom stereocenters. The highest BCUT2D eigenvalue weighted by atomic mass is 16.5. The van der Waals surface area contributed by atoms with Crippen molar-refractivity contribution in [3.8, 4) is 11.5 Å². The lowest BCUT2D eigenvalue weighted by Gasteiger charge is -2.21. The lowest BCUT2D eigenvalue weighted by Crippen LogP contribution is -2.39. The van der Waals surface area contributed by atoms with Gasteiger partial charge in [0.2, 0.25) is 11.8 Å². The van der Waals surface area contributed by atoms with Crippen LogP contribution in [0.15, 0.2) is 42.5 Å². The number of carbonyl (C=O) groups is 2. The molecule has 0 spiro atoms. The molecule has 0 bridgehead atoms. The van der Waals surface area contributed by atoms with Gasteiger partial charge >= 0.3 is 0 Å². The van der Waals surface area contributed by atoms with Gasteiger partial charge in [0.1, 0.15) is 0 Å². The van der Waals surface area contributed by atoms with E-state index in [0.29, 0.717) is 31.0 Å².